The molecule has 3 aromatic rings. The first-order valence-electron chi connectivity index (χ1n) is 14.1. The van der Waals surface area contributed by atoms with Gasteiger partial charge in [-0.1, -0.05) is 5.16 Å². The van der Waals surface area contributed by atoms with E-state index in [0.717, 1.165) is 17.4 Å². The van der Waals surface area contributed by atoms with Crippen molar-refractivity contribution < 1.29 is 50.7 Å². The Kier molecular flexibility index (Phi) is 10.7. The first-order chi connectivity index (χ1) is 22.4. The maximum Gasteiger partial charge on any atom is 0.418 e. The number of aliphatic carboxylic acids is 1. The van der Waals surface area contributed by atoms with Crippen LogP contribution in [0.1, 0.15) is 32.4 Å². The molecule has 1 aromatic carbocycles. The minimum Gasteiger partial charge on any atom is -0.489 e. The Balaban J connectivity index is 1.49. The number of carboxylic acid groups (broad SMARTS) is 1. The number of Topliss-reactive ketones (excluding diaryl/α,β-unsaturated/α-hetero) is 1. The summed E-state index contributed by atoms with van der Waals surface area (Å²) < 4.78 is 59.3. The molecule has 0 aliphatic carbocycles. The fraction of sp³-hybridized carbons (Fsp3) is 0.407. The second kappa shape index (κ2) is 14.2. The van der Waals surface area contributed by atoms with Crippen molar-refractivity contribution >= 4 is 50.2 Å². The number of nitrogens with zero attached hydrogens (tertiary/aromatic N) is 5. The number of hydroxylamine groups is 2. The third-order valence-electron chi connectivity index (χ3n) is 7.46. The number of nitrogen functional groups attached to an aromatic ring is 1. The number of carbonyl (C=O) groups excluding carboxylic acids is 2. The van der Waals surface area contributed by atoms with Crippen LogP contribution in [0.25, 0.3) is 11.3 Å². The molecule has 0 bridgehead atoms. The Hall–Kier alpha value is -4.70. The Morgan fingerprint density at radius 3 is 2.58 bits per heavy atom. The molecule has 2 aromatic heterocycles. The third kappa shape index (κ3) is 7.87. The van der Waals surface area contributed by atoms with Gasteiger partial charge in [-0.15, -0.1) is 15.6 Å². The number of amides is 1. The molecule has 260 valence electrons. The van der Waals surface area contributed by atoms with E-state index in [1.54, 1.807) is 17.8 Å². The molecule has 4 rings (SSSR count). The van der Waals surface area contributed by atoms with Crippen LogP contribution < -0.4 is 21.8 Å². The molecular weight excluding hydrogens is 679 g/mol. The quantitative estimate of drug-likeness (QED) is 0.0593. The second-order valence-corrected chi connectivity index (χ2v) is 13.0. The van der Waals surface area contributed by atoms with E-state index in [-0.39, 0.29) is 27.8 Å². The number of carbonyl (C=O) groups is 3. The van der Waals surface area contributed by atoms with Crippen molar-refractivity contribution in [1.82, 2.24) is 19.2 Å². The minimum absolute atomic E-state index is 0.0431. The van der Waals surface area contributed by atoms with Gasteiger partial charge in [0.1, 0.15) is 23.9 Å². The van der Waals surface area contributed by atoms with Crippen molar-refractivity contribution in [2.45, 2.75) is 44.9 Å². The van der Waals surface area contributed by atoms with Gasteiger partial charge in [0.2, 0.25) is 5.62 Å². The van der Waals surface area contributed by atoms with Gasteiger partial charge >= 0.3 is 16.4 Å². The minimum atomic E-state index is -5.02. The van der Waals surface area contributed by atoms with Gasteiger partial charge in [0.15, 0.2) is 16.6 Å². The van der Waals surface area contributed by atoms with Crippen LogP contribution in [0.2, 0.25) is 0 Å². The fourth-order valence-corrected chi connectivity index (χ4v) is 5.80. The van der Waals surface area contributed by atoms with Crippen LogP contribution in [0, 0.1) is 17.1 Å². The SMILES string of the molecule is Cn1c(-c2ccc(OC[C@H](O/N=C(\C(=O)C[C@@H]3C(=O)N(OS(=O)(=O)O)C3(C)C)c3csc(N)n3)C(=O)O)cc2F)cn(CCCN)c1=N. The predicted molar refractivity (Wildman–Crippen MR) is 166 cm³/mol. The lowest BCUT2D eigenvalue weighted by molar-refractivity contribution is -0.228. The number of thiazole rings is 1. The molecule has 48 heavy (non-hydrogen) atoms. The summed E-state index contributed by atoms with van der Waals surface area (Å²) in [5, 5.41) is 23.5. The molecule has 3 heterocycles. The van der Waals surface area contributed by atoms with Crippen LogP contribution in [0.4, 0.5) is 9.52 Å². The third-order valence-corrected chi connectivity index (χ3v) is 8.47. The summed E-state index contributed by atoms with van der Waals surface area (Å²) in [6.45, 7) is 3.02. The number of benzene rings is 1. The van der Waals surface area contributed by atoms with Crippen molar-refractivity contribution in [3.63, 3.8) is 0 Å². The number of carboxylic acids is 1. The average molecular weight is 713 g/mol. The number of halogens is 1. The number of ether oxygens (including phenoxy) is 1. The van der Waals surface area contributed by atoms with Gasteiger partial charge in [0.05, 0.1) is 17.2 Å². The maximum atomic E-state index is 15.2. The monoisotopic (exact) mass is 712 g/mol. The Bertz CT molecular complexity index is 1920. The van der Waals surface area contributed by atoms with E-state index < -0.39 is 70.2 Å². The van der Waals surface area contributed by atoms with Crippen LogP contribution >= 0.6 is 11.3 Å². The molecule has 1 aliphatic rings. The first kappa shape index (κ1) is 36.1. The van der Waals surface area contributed by atoms with E-state index in [0.29, 0.717) is 30.3 Å². The van der Waals surface area contributed by atoms with Crippen molar-refractivity contribution in [1.29, 1.82) is 5.41 Å². The van der Waals surface area contributed by atoms with Crippen molar-refractivity contribution in [3.8, 4) is 17.0 Å². The number of hydrogen-bond acceptors (Lipinski definition) is 14. The molecule has 2 atom stereocenters. The average Bonchev–Trinajstić information content (AvgIpc) is 3.56. The van der Waals surface area contributed by atoms with Gasteiger partial charge in [-0.05, 0) is 38.9 Å². The summed E-state index contributed by atoms with van der Waals surface area (Å²) in [5.41, 5.74) is 10.1. The fourth-order valence-electron chi connectivity index (χ4n) is 4.80. The van der Waals surface area contributed by atoms with Gasteiger partial charge in [0.25, 0.3) is 12.0 Å². The Morgan fingerprint density at radius 1 is 1.31 bits per heavy atom. The lowest BCUT2D eigenvalue weighted by Gasteiger charge is -2.50. The van der Waals surface area contributed by atoms with Crippen LogP contribution in [0.5, 0.6) is 5.75 Å². The molecule has 1 saturated heterocycles. The van der Waals surface area contributed by atoms with E-state index in [1.807, 2.05) is 0 Å². The zero-order valence-electron chi connectivity index (χ0n) is 25.8. The van der Waals surface area contributed by atoms with Crippen LogP contribution in [0.15, 0.2) is 34.9 Å². The number of anilines is 1. The summed E-state index contributed by atoms with van der Waals surface area (Å²) >= 11 is 0.945. The van der Waals surface area contributed by atoms with E-state index in [1.165, 1.54) is 35.9 Å². The highest BCUT2D eigenvalue weighted by atomic mass is 32.3. The van der Waals surface area contributed by atoms with E-state index in [9.17, 15) is 27.9 Å². The van der Waals surface area contributed by atoms with Gasteiger partial charge < -0.3 is 35.3 Å². The molecule has 0 spiro atoms. The maximum absolute atomic E-state index is 15.2. The van der Waals surface area contributed by atoms with E-state index >= 15 is 4.39 Å². The molecule has 1 amide bonds. The number of ketones is 1. The number of oxime groups is 1. The molecule has 0 unspecified atom stereocenters. The standard InChI is InChI=1S/C27H33FN8O10S2/c1-27(2)16(23(38)36(27)46-48(41,42)43)10-20(37)22(18-13-47-25(30)32-18)33-45-21(24(39)40)12-44-14-5-6-15(17(28)9-14)19-11-35(8-4-7-29)26(31)34(19)3/h5-6,9,11,13,16,21,31H,4,7-8,10,12,29H2,1-3H3,(H2,30,32)(H,39,40)(H,41,42,43)/b31-26?,33-22-/t16-,21+/m1/s1. The van der Waals surface area contributed by atoms with Crippen LogP contribution in [-0.4, -0.2) is 85.4 Å². The van der Waals surface area contributed by atoms with Crippen LogP contribution in [-0.2, 0) is 47.5 Å². The summed E-state index contributed by atoms with van der Waals surface area (Å²) in [6, 6.07) is 3.86. The summed E-state index contributed by atoms with van der Waals surface area (Å²) in [6.07, 6.45) is -0.0889. The number of nitrogens with one attached hydrogen (secondary N) is 1. The molecule has 21 heteroatoms. The van der Waals surface area contributed by atoms with E-state index in [2.05, 4.69) is 14.4 Å². The number of imidazole rings is 1. The van der Waals surface area contributed by atoms with Crippen molar-refractivity contribution in [3.05, 3.63) is 46.9 Å². The van der Waals surface area contributed by atoms with Gasteiger partial charge in [0, 0.05) is 43.2 Å². The molecular formula is C27H33FN8O10S2. The van der Waals surface area contributed by atoms with Crippen LogP contribution in [0.3, 0.4) is 0 Å². The first-order valence-corrected chi connectivity index (χ1v) is 16.3. The van der Waals surface area contributed by atoms with Crippen molar-refractivity contribution in [2.24, 2.45) is 23.9 Å². The van der Waals surface area contributed by atoms with E-state index in [4.69, 9.17) is 31.0 Å². The molecule has 1 fully saturated rings. The summed E-state index contributed by atoms with van der Waals surface area (Å²) in [5.74, 6) is -5.16. The smallest absolute Gasteiger partial charge is 0.418 e. The highest BCUT2D eigenvalue weighted by molar-refractivity contribution is 7.80. The lowest BCUT2D eigenvalue weighted by Crippen LogP contribution is -2.68. The zero-order valence-corrected chi connectivity index (χ0v) is 27.5. The molecule has 0 radical (unpaired) electrons. The number of aromatic nitrogens is 3. The molecule has 18 nitrogen and oxygen atoms in total. The summed E-state index contributed by atoms with van der Waals surface area (Å²) in [4.78, 5) is 47.0. The van der Waals surface area contributed by atoms with Crippen molar-refractivity contribution in [2.75, 3.05) is 18.9 Å². The largest absolute Gasteiger partial charge is 0.489 e. The van der Waals surface area contributed by atoms with Gasteiger partial charge in [-0.3, -0.25) is 19.6 Å². The molecule has 7 N–H and O–H groups in total. The number of β-lactam (4-membered cyclic amide) rings is 1. The highest BCUT2D eigenvalue weighted by Crippen LogP contribution is 2.40. The van der Waals surface area contributed by atoms with Gasteiger partial charge in [-0.25, -0.2) is 14.2 Å². The highest BCUT2D eigenvalue weighted by Gasteiger charge is 2.57. The topological polar surface area (TPSA) is 268 Å². The normalized spacial score (nSPS) is 16.8. The Labute approximate surface area is 276 Å². The number of nitrogens with two attached hydrogens (primary N) is 2. The second-order valence-electron chi connectivity index (χ2n) is 11.1. The number of hydrogen-bond donors (Lipinski definition) is 5. The Morgan fingerprint density at radius 2 is 2.02 bits per heavy atom. The lowest BCUT2D eigenvalue weighted by atomic mass is 9.74. The summed E-state index contributed by atoms with van der Waals surface area (Å²) in [7, 11) is -3.40. The zero-order chi connectivity index (χ0) is 35.6. The number of rotatable bonds is 16. The number of aryl methyl sites for hydroxylation is 1. The molecule has 0 saturated carbocycles. The molecule has 1 aliphatic heterocycles. The van der Waals surface area contributed by atoms with Gasteiger partial charge in [-0.2, -0.15) is 13.5 Å². The predicted octanol–water partition coefficient (Wildman–Crippen LogP) is 0.683.